The normalized spacial score (nSPS) is 12.8. The molecular formula is C10H14O3S. The molecule has 4 heteroatoms. The van der Waals surface area contributed by atoms with E-state index >= 15 is 0 Å². The second-order valence-electron chi connectivity index (χ2n) is 3.04. The van der Waals surface area contributed by atoms with E-state index in [1.165, 1.54) is 0 Å². The van der Waals surface area contributed by atoms with Gasteiger partial charge in [0.15, 0.2) is 6.10 Å². The number of carboxylic acids is 1. The van der Waals surface area contributed by atoms with Crippen LogP contribution in [0.25, 0.3) is 0 Å². The number of ether oxygens (including phenoxy) is 1. The molecule has 0 bridgehead atoms. The molecular weight excluding hydrogens is 200 g/mol. The van der Waals surface area contributed by atoms with Crippen molar-refractivity contribution in [2.45, 2.75) is 26.9 Å². The van der Waals surface area contributed by atoms with Crippen LogP contribution in [0.5, 0.6) is 0 Å². The molecule has 1 rings (SSSR count). The standard InChI is InChI=1S/C10H14O3S/c1-4-13-9(10(11)12)8-5-6(2)14-7(8)3/h5,9H,4H2,1-3H3,(H,11,12). The lowest BCUT2D eigenvalue weighted by atomic mass is 10.1. The van der Waals surface area contributed by atoms with Gasteiger partial charge >= 0.3 is 5.97 Å². The summed E-state index contributed by atoms with van der Waals surface area (Å²) in [5.41, 5.74) is 0.779. The third-order valence-corrected chi connectivity index (χ3v) is 2.90. The van der Waals surface area contributed by atoms with Crippen LogP contribution in [0.3, 0.4) is 0 Å². The van der Waals surface area contributed by atoms with Crippen molar-refractivity contribution in [3.8, 4) is 0 Å². The summed E-state index contributed by atoms with van der Waals surface area (Å²) in [6, 6.07) is 1.88. The zero-order valence-electron chi connectivity index (χ0n) is 8.53. The van der Waals surface area contributed by atoms with Crippen LogP contribution < -0.4 is 0 Å². The fourth-order valence-corrected chi connectivity index (χ4v) is 2.32. The minimum Gasteiger partial charge on any atom is -0.479 e. The van der Waals surface area contributed by atoms with Gasteiger partial charge in [0.1, 0.15) is 0 Å². The minimum absolute atomic E-state index is 0.408. The first-order valence-corrected chi connectivity index (χ1v) is 5.29. The highest BCUT2D eigenvalue weighted by Crippen LogP contribution is 2.28. The molecule has 0 radical (unpaired) electrons. The molecule has 0 saturated heterocycles. The van der Waals surface area contributed by atoms with Gasteiger partial charge in [-0.1, -0.05) is 0 Å². The van der Waals surface area contributed by atoms with Gasteiger partial charge in [-0.05, 0) is 26.8 Å². The Morgan fingerprint density at radius 1 is 1.64 bits per heavy atom. The summed E-state index contributed by atoms with van der Waals surface area (Å²) >= 11 is 1.60. The molecule has 1 atom stereocenters. The maximum absolute atomic E-state index is 10.9. The molecule has 0 aromatic carbocycles. The molecule has 1 N–H and O–H groups in total. The third kappa shape index (κ3) is 2.33. The molecule has 78 valence electrons. The summed E-state index contributed by atoms with van der Waals surface area (Å²) in [4.78, 5) is 13.1. The Balaban J connectivity index is 2.98. The first-order chi connectivity index (χ1) is 6.56. The predicted octanol–water partition coefficient (Wildman–Crippen LogP) is 2.53. The van der Waals surface area contributed by atoms with Gasteiger partial charge in [0, 0.05) is 21.9 Å². The highest BCUT2D eigenvalue weighted by Gasteiger charge is 2.23. The number of thiophene rings is 1. The number of hydrogen-bond donors (Lipinski definition) is 1. The van der Waals surface area contributed by atoms with Crippen molar-refractivity contribution in [2.24, 2.45) is 0 Å². The van der Waals surface area contributed by atoms with Gasteiger partial charge in [0.05, 0.1) is 0 Å². The van der Waals surface area contributed by atoms with E-state index in [2.05, 4.69) is 0 Å². The quantitative estimate of drug-likeness (QED) is 0.837. The van der Waals surface area contributed by atoms with Gasteiger partial charge in [-0.3, -0.25) is 0 Å². The number of rotatable bonds is 4. The number of hydrogen-bond acceptors (Lipinski definition) is 3. The molecule has 1 aromatic heterocycles. The van der Waals surface area contributed by atoms with E-state index in [1.807, 2.05) is 19.9 Å². The highest BCUT2D eigenvalue weighted by molar-refractivity contribution is 7.12. The molecule has 0 saturated carbocycles. The van der Waals surface area contributed by atoms with Crippen LogP contribution in [0.15, 0.2) is 6.07 Å². The van der Waals surface area contributed by atoms with Crippen LogP contribution in [-0.2, 0) is 9.53 Å². The van der Waals surface area contributed by atoms with E-state index in [0.717, 1.165) is 15.3 Å². The maximum Gasteiger partial charge on any atom is 0.337 e. The first kappa shape index (κ1) is 11.2. The molecule has 3 nitrogen and oxygen atoms in total. The lowest BCUT2D eigenvalue weighted by Crippen LogP contribution is -2.15. The van der Waals surface area contributed by atoms with Crippen LogP contribution in [0.2, 0.25) is 0 Å². The predicted molar refractivity (Wildman–Crippen MR) is 55.8 cm³/mol. The molecule has 14 heavy (non-hydrogen) atoms. The SMILES string of the molecule is CCOC(C(=O)O)c1cc(C)sc1C. The average molecular weight is 214 g/mol. The molecule has 0 aliphatic heterocycles. The maximum atomic E-state index is 10.9. The van der Waals surface area contributed by atoms with E-state index < -0.39 is 12.1 Å². The Bertz CT molecular complexity index is 330. The van der Waals surface area contributed by atoms with Crippen LogP contribution in [0, 0.1) is 13.8 Å². The van der Waals surface area contributed by atoms with Crippen LogP contribution in [-0.4, -0.2) is 17.7 Å². The van der Waals surface area contributed by atoms with Crippen molar-refractivity contribution in [2.75, 3.05) is 6.61 Å². The molecule has 0 spiro atoms. The summed E-state index contributed by atoms with van der Waals surface area (Å²) in [5.74, 6) is -0.923. The van der Waals surface area contributed by atoms with Crippen LogP contribution in [0.1, 0.15) is 28.3 Å². The van der Waals surface area contributed by atoms with Gasteiger partial charge in [-0.15, -0.1) is 11.3 Å². The smallest absolute Gasteiger partial charge is 0.337 e. The Labute approximate surface area is 87.3 Å². The van der Waals surface area contributed by atoms with Crippen molar-refractivity contribution in [3.63, 3.8) is 0 Å². The van der Waals surface area contributed by atoms with Gasteiger partial charge < -0.3 is 9.84 Å². The Morgan fingerprint density at radius 3 is 2.64 bits per heavy atom. The van der Waals surface area contributed by atoms with E-state index in [-0.39, 0.29) is 0 Å². The summed E-state index contributed by atoms with van der Waals surface area (Å²) in [5, 5.41) is 8.97. The number of carbonyl (C=O) groups is 1. The minimum atomic E-state index is -0.923. The van der Waals surface area contributed by atoms with Crippen molar-refractivity contribution in [1.29, 1.82) is 0 Å². The van der Waals surface area contributed by atoms with Gasteiger partial charge in [-0.2, -0.15) is 0 Å². The molecule has 0 aliphatic carbocycles. The molecule has 0 aliphatic rings. The number of carboxylic acid groups (broad SMARTS) is 1. The summed E-state index contributed by atoms with van der Waals surface area (Å²) < 4.78 is 5.19. The molecule has 1 unspecified atom stereocenters. The topological polar surface area (TPSA) is 46.5 Å². The van der Waals surface area contributed by atoms with Gasteiger partial charge in [-0.25, -0.2) is 4.79 Å². The summed E-state index contributed by atoms with van der Waals surface area (Å²) in [7, 11) is 0. The van der Waals surface area contributed by atoms with E-state index in [4.69, 9.17) is 9.84 Å². The lowest BCUT2D eigenvalue weighted by Gasteiger charge is -2.11. The van der Waals surface area contributed by atoms with Crippen molar-refractivity contribution >= 4 is 17.3 Å². The number of aliphatic carboxylic acids is 1. The Kier molecular flexibility index (Phi) is 3.66. The first-order valence-electron chi connectivity index (χ1n) is 4.47. The largest absolute Gasteiger partial charge is 0.479 e. The van der Waals surface area contributed by atoms with Crippen molar-refractivity contribution in [1.82, 2.24) is 0 Å². The second kappa shape index (κ2) is 4.57. The fraction of sp³-hybridized carbons (Fsp3) is 0.500. The van der Waals surface area contributed by atoms with E-state index in [0.29, 0.717) is 6.61 Å². The van der Waals surface area contributed by atoms with Crippen molar-refractivity contribution < 1.29 is 14.6 Å². The van der Waals surface area contributed by atoms with Crippen LogP contribution in [0.4, 0.5) is 0 Å². The average Bonchev–Trinajstić information content (AvgIpc) is 2.40. The van der Waals surface area contributed by atoms with Gasteiger partial charge in [0.25, 0.3) is 0 Å². The molecule has 1 aromatic rings. The van der Waals surface area contributed by atoms with E-state index in [1.54, 1.807) is 18.3 Å². The highest BCUT2D eigenvalue weighted by atomic mass is 32.1. The number of aryl methyl sites for hydroxylation is 2. The van der Waals surface area contributed by atoms with Gasteiger partial charge in [0.2, 0.25) is 0 Å². The fourth-order valence-electron chi connectivity index (χ4n) is 1.37. The zero-order valence-corrected chi connectivity index (χ0v) is 9.35. The Morgan fingerprint density at radius 2 is 2.29 bits per heavy atom. The molecule has 0 fully saturated rings. The third-order valence-electron chi connectivity index (χ3n) is 1.92. The van der Waals surface area contributed by atoms with Crippen LogP contribution >= 0.6 is 11.3 Å². The van der Waals surface area contributed by atoms with Crippen molar-refractivity contribution in [3.05, 3.63) is 21.4 Å². The summed E-state index contributed by atoms with van der Waals surface area (Å²) in [6.07, 6.45) is -0.815. The monoisotopic (exact) mass is 214 g/mol. The zero-order chi connectivity index (χ0) is 10.7. The molecule has 1 heterocycles. The van der Waals surface area contributed by atoms with E-state index in [9.17, 15) is 4.79 Å². The molecule has 0 amide bonds. The Hall–Kier alpha value is -0.870. The lowest BCUT2D eigenvalue weighted by molar-refractivity contribution is -0.150. The second-order valence-corrected chi connectivity index (χ2v) is 4.50. The summed E-state index contributed by atoms with van der Waals surface area (Å²) in [6.45, 7) is 6.09.